The van der Waals surface area contributed by atoms with E-state index in [-0.39, 0.29) is 0 Å². The first-order chi connectivity index (χ1) is 4.27. The Hall–Kier alpha value is -0.260. The van der Waals surface area contributed by atoms with Crippen LogP contribution in [0.5, 0.6) is 0 Å². The molecule has 0 aromatic carbocycles. The molecule has 54 valence electrons. The zero-order valence-electron chi connectivity index (χ0n) is 5.16. The highest BCUT2D eigenvalue weighted by Crippen LogP contribution is 1.66. The molecular formula is C4H9N2O2S-. The van der Waals surface area contributed by atoms with E-state index >= 15 is 0 Å². The van der Waals surface area contributed by atoms with Crippen LogP contribution in [-0.2, 0) is 11.3 Å². The molecule has 1 atom stereocenters. The third-order valence-corrected chi connectivity index (χ3v) is 1.08. The smallest absolute Gasteiger partial charge is 0.0519 e. The van der Waals surface area contributed by atoms with Crippen molar-refractivity contribution < 1.29 is 8.76 Å². The van der Waals surface area contributed by atoms with Gasteiger partial charge in [-0.25, -0.2) is 4.72 Å². The van der Waals surface area contributed by atoms with E-state index in [1.54, 1.807) is 13.1 Å². The molecule has 9 heavy (non-hydrogen) atoms. The molecule has 0 aliphatic heterocycles. The number of nitrogens with one attached hydrogen (secondary N) is 1. The molecule has 0 saturated carbocycles. The SMILES string of the molecule is CC=NCCNS(=O)[O-]. The quantitative estimate of drug-likeness (QED) is 0.331. The molecule has 0 amide bonds. The molecule has 0 rings (SSSR count). The summed E-state index contributed by atoms with van der Waals surface area (Å²) in [6.07, 6.45) is 1.63. The fourth-order valence-corrected chi connectivity index (χ4v) is 0.581. The van der Waals surface area contributed by atoms with Gasteiger partial charge in [0, 0.05) is 17.8 Å². The second kappa shape index (κ2) is 5.87. The topological polar surface area (TPSA) is 64.5 Å². The molecule has 0 radical (unpaired) electrons. The summed E-state index contributed by atoms with van der Waals surface area (Å²) >= 11 is -2.14. The van der Waals surface area contributed by atoms with Crippen LogP contribution in [0.25, 0.3) is 0 Å². The highest BCUT2D eigenvalue weighted by atomic mass is 32.2. The Kier molecular flexibility index (Phi) is 5.70. The predicted molar refractivity (Wildman–Crippen MR) is 36.0 cm³/mol. The third kappa shape index (κ3) is 7.74. The summed E-state index contributed by atoms with van der Waals surface area (Å²) in [4.78, 5) is 3.78. The molecule has 4 nitrogen and oxygen atoms in total. The number of hydrogen-bond donors (Lipinski definition) is 1. The lowest BCUT2D eigenvalue weighted by molar-refractivity contribution is 0.523. The van der Waals surface area contributed by atoms with Crippen LogP contribution in [-0.4, -0.2) is 28.1 Å². The Labute approximate surface area is 56.8 Å². The van der Waals surface area contributed by atoms with Gasteiger partial charge in [0.1, 0.15) is 0 Å². The van der Waals surface area contributed by atoms with E-state index in [2.05, 4.69) is 9.71 Å². The van der Waals surface area contributed by atoms with Crippen LogP contribution < -0.4 is 4.72 Å². The van der Waals surface area contributed by atoms with Gasteiger partial charge in [-0.1, -0.05) is 0 Å². The molecule has 0 heterocycles. The van der Waals surface area contributed by atoms with Gasteiger partial charge in [0.25, 0.3) is 0 Å². The van der Waals surface area contributed by atoms with Crippen LogP contribution >= 0.6 is 0 Å². The molecule has 0 aromatic rings. The van der Waals surface area contributed by atoms with Crippen LogP contribution in [0.4, 0.5) is 0 Å². The third-order valence-electron chi connectivity index (χ3n) is 0.643. The zero-order valence-corrected chi connectivity index (χ0v) is 5.98. The largest absolute Gasteiger partial charge is 0.760 e. The molecule has 0 aliphatic carbocycles. The van der Waals surface area contributed by atoms with E-state index in [9.17, 15) is 8.76 Å². The summed E-state index contributed by atoms with van der Waals surface area (Å²) in [5.74, 6) is 0. The first kappa shape index (κ1) is 8.74. The molecule has 0 spiro atoms. The van der Waals surface area contributed by atoms with E-state index in [4.69, 9.17) is 0 Å². The Bertz CT molecular complexity index is 115. The van der Waals surface area contributed by atoms with Crippen LogP contribution in [0.1, 0.15) is 6.92 Å². The lowest BCUT2D eigenvalue weighted by atomic mass is 10.7. The molecule has 1 unspecified atom stereocenters. The summed E-state index contributed by atoms with van der Waals surface area (Å²) in [6, 6.07) is 0. The van der Waals surface area contributed by atoms with Crippen molar-refractivity contribution >= 4 is 17.5 Å². The maximum absolute atomic E-state index is 9.80. The van der Waals surface area contributed by atoms with E-state index in [1.165, 1.54) is 0 Å². The fraction of sp³-hybridized carbons (Fsp3) is 0.750. The number of aliphatic imine (C=N–C) groups is 1. The molecule has 0 aromatic heterocycles. The van der Waals surface area contributed by atoms with Crippen molar-refractivity contribution in [3.8, 4) is 0 Å². The maximum Gasteiger partial charge on any atom is 0.0519 e. The van der Waals surface area contributed by atoms with Crippen molar-refractivity contribution in [2.24, 2.45) is 4.99 Å². The van der Waals surface area contributed by atoms with Gasteiger partial charge in [0.15, 0.2) is 0 Å². The maximum atomic E-state index is 9.80. The van der Waals surface area contributed by atoms with Crippen molar-refractivity contribution in [3.05, 3.63) is 0 Å². The summed E-state index contributed by atoms with van der Waals surface area (Å²) in [5.41, 5.74) is 0. The van der Waals surface area contributed by atoms with Gasteiger partial charge < -0.3 is 4.55 Å². The first-order valence-electron chi connectivity index (χ1n) is 2.54. The Morgan fingerprint density at radius 3 is 3.00 bits per heavy atom. The van der Waals surface area contributed by atoms with Crippen molar-refractivity contribution in [1.29, 1.82) is 0 Å². The lowest BCUT2D eigenvalue weighted by Crippen LogP contribution is -2.19. The molecular weight excluding hydrogens is 140 g/mol. The van der Waals surface area contributed by atoms with Crippen LogP contribution in [0, 0.1) is 0 Å². The average molecular weight is 149 g/mol. The average Bonchev–Trinajstić information content (AvgIpc) is 1.80. The van der Waals surface area contributed by atoms with Gasteiger partial charge in [-0.15, -0.1) is 0 Å². The minimum Gasteiger partial charge on any atom is -0.760 e. The Balaban J connectivity index is 3.01. The Morgan fingerprint density at radius 2 is 2.56 bits per heavy atom. The van der Waals surface area contributed by atoms with Crippen molar-refractivity contribution in [3.63, 3.8) is 0 Å². The monoisotopic (exact) mass is 149 g/mol. The van der Waals surface area contributed by atoms with Crippen LogP contribution in [0.2, 0.25) is 0 Å². The second-order valence-electron chi connectivity index (χ2n) is 1.29. The standard InChI is InChI=1S/C4H10N2O2S/c1-2-5-3-4-6-9(7)8/h2,6H,3-4H2,1H3,(H,7,8)/p-1. The van der Waals surface area contributed by atoms with Crippen LogP contribution in [0.3, 0.4) is 0 Å². The van der Waals surface area contributed by atoms with Gasteiger partial charge in [0.2, 0.25) is 0 Å². The zero-order chi connectivity index (χ0) is 7.11. The lowest BCUT2D eigenvalue weighted by Gasteiger charge is -2.03. The predicted octanol–water partition coefficient (Wildman–Crippen LogP) is -0.539. The van der Waals surface area contributed by atoms with Gasteiger partial charge >= 0.3 is 0 Å². The van der Waals surface area contributed by atoms with Gasteiger partial charge in [-0.3, -0.25) is 9.20 Å². The Morgan fingerprint density at radius 1 is 1.89 bits per heavy atom. The molecule has 0 bridgehead atoms. The normalized spacial score (nSPS) is 14.4. The minimum atomic E-state index is -2.14. The number of rotatable bonds is 4. The summed E-state index contributed by atoms with van der Waals surface area (Å²) < 4.78 is 21.8. The van der Waals surface area contributed by atoms with Crippen molar-refractivity contribution in [1.82, 2.24) is 4.72 Å². The van der Waals surface area contributed by atoms with E-state index in [1.807, 2.05) is 0 Å². The summed E-state index contributed by atoms with van der Waals surface area (Å²) in [7, 11) is 0. The highest BCUT2D eigenvalue weighted by molar-refractivity contribution is 7.77. The van der Waals surface area contributed by atoms with Crippen LogP contribution in [0.15, 0.2) is 4.99 Å². The fourth-order valence-electron chi connectivity index (χ4n) is 0.323. The molecule has 0 fully saturated rings. The molecule has 0 saturated heterocycles. The van der Waals surface area contributed by atoms with E-state index in [0.717, 1.165) is 0 Å². The van der Waals surface area contributed by atoms with Gasteiger partial charge in [-0.05, 0) is 13.1 Å². The minimum absolute atomic E-state index is 0.375. The van der Waals surface area contributed by atoms with Crippen molar-refractivity contribution in [2.45, 2.75) is 6.92 Å². The van der Waals surface area contributed by atoms with Gasteiger partial charge in [0.05, 0.1) is 6.54 Å². The van der Waals surface area contributed by atoms with Gasteiger partial charge in [-0.2, -0.15) is 0 Å². The number of hydrogen-bond acceptors (Lipinski definition) is 3. The molecule has 5 heteroatoms. The summed E-state index contributed by atoms with van der Waals surface area (Å²) in [6.45, 7) is 2.67. The highest BCUT2D eigenvalue weighted by Gasteiger charge is 1.79. The second-order valence-corrected chi connectivity index (χ2v) is 2.05. The van der Waals surface area contributed by atoms with E-state index < -0.39 is 11.3 Å². The number of nitrogens with zero attached hydrogens (tertiary/aromatic N) is 1. The first-order valence-corrected chi connectivity index (χ1v) is 3.62. The summed E-state index contributed by atoms with van der Waals surface area (Å²) in [5, 5.41) is 0. The molecule has 1 N–H and O–H groups in total. The van der Waals surface area contributed by atoms with Crippen molar-refractivity contribution in [2.75, 3.05) is 13.1 Å². The van der Waals surface area contributed by atoms with E-state index in [0.29, 0.717) is 13.1 Å². The molecule has 0 aliphatic rings.